The number of methoxy groups -OCH3 is 6. The Balaban J connectivity index is 0.000000330. The van der Waals surface area contributed by atoms with Crippen LogP contribution >= 0.6 is 0 Å². The van der Waals surface area contributed by atoms with Gasteiger partial charge in [0.1, 0.15) is 17.1 Å². The second kappa shape index (κ2) is 21.0. The minimum absolute atomic E-state index is 0.0149. The van der Waals surface area contributed by atoms with Crippen molar-refractivity contribution in [1.29, 1.82) is 0 Å². The number of aryl methyl sites for hydroxylation is 1. The monoisotopic (exact) mass is 696 g/mol. The molecule has 0 radical (unpaired) electrons. The molecule has 0 unspecified atom stereocenters. The molecule has 0 saturated heterocycles. The summed E-state index contributed by atoms with van der Waals surface area (Å²) < 4.78 is 52.3. The molecular weight excluding hydrogens is 655 g/mol. The van der Waals surface area contributed by atoms with Gasteiger partial charge < -0.3 is 23.7 Å². The van der Waals surface area contributed by atoms with Gasteiger partial charge in [0, 0.05) is 20.3 Å². The van der Waals surface area contributed by atoms with Gasteiger partial charge in [-0.15, -0.1) is 0 Å². The van der Waals surface area contributed by atoms with E-state index in [1.54, 1.807) is 32.2 Å². The summed E-state index contributed by atoms with van der Waals surface area (Å²) in [6, 6.07) is 16.9. The molecule has 0 aliphatic carbocycles. The van der Waals surface area contributed by atoms with Crippen molar-refractivity contribution in [3.05, 3.63) is 76.9 Å². The summed E-state index contributed by atoms with van der Waals surface area (Å²) in [5, 5.41) is 0.689. The standard InChI is InChI=1S/C19H22O6Se.C13H18O6/c1-21-12-24-15-9-14(11-26-16-7-5-4-6-8-16)18(19(20)23-3)17(10-15)25-13-22-2;1-9-5-10(18-7-15-2)6-11(19-8-16-3)12(9)13(14)17-4/h4-10H,11-13H2,1-3H3;5-6H,7-8H2,1-4H3. The van der Waals surface area contributed by atoms with E-state index in [0.29, 0.717) is 45.0 Å². The fourth-order valence-corrected chi connectivity index (χ4v) is 5.64. The maximum atomic E-state index is 12.4. The summed E-state index contributed by atoms with van der Waals surface area (Å²) in [6.07, 6.45) is 0. The Morgan fingerprint density at radius 3 is 1.58 bits per heavy atom. The quantitative estimate of drug-likeness (QED) is 0.116. The van der Waals surface area contributed by atoms with E-state index in [9.17, 15) is 9.59 Å². The second-order valence-electron chi connectivity index (χ2n) is 8.86. The Labute approximate surface area is 269 Å². The van der Waals surface area contributed by atoms with Crippen LogP contribution in [0.15, 0.2) is 54.6 Å². The number of hydrogen-bond donors (Lipinski definition) is 0. The van der Waals surface area contributed by atoms with E-state index in [4.69, 9.17) is 47.4 Å². The summed E-state index contributed by atoms with van der Waals surface area (Å²) in [5.41, 5.74) is 2.24. The van der Waals surface area contributed by atoms with E-state index in [-0.39, 0.29) is 42.1 Å². The van der Waals surface area contributed by atoms with Gasteiger partial charge in [-0.05, 0) is 18.6 Å². The zero-order valence-corrected chi connectivity index (χ0v) is 28.3. The second-order valence-corrected chi connectivity index (χ2v) is 11.1. The van der Waals surface area contributed by atoms with Crippen LogP contribution in [0.25, 0.3) is 0 Å². The van der Waals surface area contributed by atoms with Crippen LogP contribution in [-0.4, -0.2) is 96.7 Å². The van der Waals surface area contributed by atoms with Crippen molar-refractivity contribution in [2.75, 3.05) is 69.8 Å². The van der Waals surface area contributed by atoms with E-state index in [2.05, 4.69) is 12.1 Å². The molecule has 0 aliphatic heterocycles. The first-order valence-corrected chi connectivity index (χ1v) is 15.5. The first-order valence-electron chi connectivity index (χ1n) is 13.5. The van der Waals surface area contributed by atoms with Crippen molar-refractivity contribution in [1.82, 2.24) is 0 Å². The number of carbonyl (C=O) groups excluding carboxylic acids is 2. The van der Waals surface area contributed by atoms with E-state index in [1.807, 2.05) is 24.3 Å². The molecule has 0 aliphatic rings. The molecule has 12 nitrogen and oxygen atoms in total. The van der Waals surface area contributed by atoms with Crippen LogP contribution in [-0.2, 0) is 33.7 Å². The average molecular weight is 696 g/mol. The van der Waals surface area contributed by atoms with Crippen LogP contribution in [0.3, 0.4) is 0 Å². The molecule has 3 aromatic rings. The third-order valence-corrected chi connectivity index (χ3v) is 7.92. The van der Waals surface area contributed by atoms with Gasteiger partial charge in [-0.3, -0.25) is 0 Å². The molecule has 0 amide bonds. The number of carbonyl (C=O) groups is 2. The first kappa shape index (κ1) is 37.3. The Morgan fingerprint density at radius 2 is 1.07 bits per heavy atom. The molecule has 0 fully saturated rings. The molecule has 0 atom stereocenters. The van der Waals surface area contributed by atoms with Gasteiger partial charge in [-0.1, -0.05) is 0 Å². The van der Waals surface area contributed by atoms with E-state index < -0.39 is 11.9 Å². The molecule has 13 heteroatoms. The molecule has 0 aromatic heterocycles. The molecular formula is C32H40O12Se. The third-order valence-electron chi connectivity index (χ3n) is 5.70. The molecule has 246 valence electrons. The SMILES string of the molecule is COCOc1cc(C)c(C(=O)OC)c(OCOC)c1.COCOc1cc(C[Se]c2ccccc2)c(C(=O)OC)c(OCOC)c1. The minimum atomic E-state index is -0.470. The van der Waals surface area contributed by atoms with Gasteiger partial charge in [0.25, 0.3) is 0 Å². The predicted molar refractivity (Wildman–Crippen MR) is 166 cm³/mol. The van der Waals surface area contributed by atoms with Crippen LogP contribution < -0.4 is 23.4 Å². The average Bonchev–Trinajstić information content (AvgIpc) is 3.06. The summed E-state index contributed by atoms with van der Waals surface area (Å²) in [6.45, 7) is 2.02. The van der Waals surface area contributed by atoms with Crippen LogP contribution in [0.2, 0.25) is 0 Å². The fourth-order valence-electron chi connectivity index (χ4n) is 3.75. The topological polar surface area (TPSA) is 126 Å². The predicted octanol–water partition coefficient (Wildman–Crippen LogP) is 3.72. The molecule has 45 heavy (non-hydrogen) atoms. The van der Waals surface area contributed by atoms with E-state index in [1.165, 1.54) is 40.0 Å². The molecule has 3 aromatic carbocycles. The fraction of sp³-hybridized carbons (Fsp3) is 0.375. The van der Waals surface area contributed by atoms with Crippen molar-refractivity contribution in [3.8, 4) is 23.0 Å². The zero-order chi connectivity index (χ0) is 33.0. The van der Waals surface area contributed by atoms with Gasteiger partial charge in [0.15, 0.2) is 13.6 Å². The van der Waals surface area contributed by atoms with Crippen molar-refractivity contribution in [2.24, 2.45) is 0 Å². The third kappa shape index (κ3) is 12.2. The Bertz CT molecular complexity index is 1330. The van der Waals surface area contributed by atoms with E-state index >= 15 is 0 Å². The molecule has 0 saturated carbocycles. The van der Waals surface area contributed by atoms with Gasteiger partial charge in [-0.25, -0.2) is 4.79 Å². The Hall–Kier alpha value is -3.84. The summed E-state index contributed by atoms with van der Waals surface area (Å²) in [4.78, 5) is 24.1. The van der Waals surface area contributed by atoms with Crippen LogP contribution in [0, 0.1) is 6.92 Å². The molecule has 0 bridgehead atoms. The van der Waals surface area contributed by atoms with Crippen LogP contribution in [0.4, 0.5) is 0 Å². The van der Waals surface area contributed by atoms with Gasteiger partial charge >= 0.3 is 165 Å². The molecule has 3 rings (SSSR count). The molecule has 0 N–H and O–H groups in total. The normalized spacial score (nSPS) is 10.3. The van der Waals surface area contributed by atoms with E-state index in [0.717, 1.165) is 5.56 Å². The zero-order valence-electron chi connectivity index (χ0n) is 26.5. The summed E-state index contributed by atoms with van der Waals surface area (Å²) >= 11 is 0.141. The molecule has 0 heterocycles. The van der Waals surface area contributed by atoms with Gasteiger partial charge in [0.05, 0.1) is 7.11 Å². The summed E-state index contributed by atoms with van der Waals surface area (Å²) in [5.74, 6) is 0.892. The Morgan fingerprint density at radius 1 is 0.600 bits per heavy atom. The summed E-state index contributed by atoms with van der Waals surface area (Å²) in [7, 11) is 8.75. The van der Waals surface area contributed by atoms with Crippen molar-refractivity contribution < 1.29 is 57.0 Å². The number of ether oxygens (including phenoxy) is 10. The molecule has 0 spiro atoms. The first-order chi connectivity index (χ1) is 21.8. The van der Waals surface area contributed by atoms with Crippen LogP contribution in [0.5, 0.6) is 23.0 Å². The number of esters is 2. The Kier molecular flexibility index (Phi) is 17.4. The number of benzene rings is 3. The van der Waals surface area contributed by atoms with Crippen LogP contribution in [0.1, 0.15) is 31.8 Å². The number of hydrogen-bond acceptors (Lipinski definition) is 12. The van der Waals surface area contributed by atoms with Crippen molar-refractivity contribution in [3.63, 3.8) is 0 Å². The number of rotatable bonds is 17. The van der Waals surface area contributed by atoms with Crippen molar-refractivity contribution in [2.45, 2.75) is 12.2 Å². The van der Waals surface area contributed by atoms with Gasteiger partial charge in [0.2, 0.25) is 0 Å². The van der Waals surface area contributed by atoms with Gasteiger partial charge in [-0.2, -0.15) is 0 Å². The van der Waals surface area contributed by atoms with Crippen molar-refractivity contribution >= 4 is 31.4 Å². The maximum absolute atomic E-state index is 12.4.